The summed E-state index contributed by atoms with van der Waals surface area (Å²) in [5.41, 5.74) is 0.585. The van der Waals surface area contributed by atoms with Crippen molar-refractivity contribution in [2.45, 2.75) is 20.0 Å². The number of aromatic nitrogens is 4. The Labute approximate surface area is 222 Å². The lowest BCUT2D eigenvalue weighted by molar-refractivity contribution is -0.136. The van der Waals surface area contributed by atoms with Crippen molar-refractivity contribution in [1.82, 2.24) is 19.1 Å². The molecule has 0 fully saturated rings. The number of pyridine rings is 1. The van der Waals surface area contributed by atoms with Gasteiger partial charge in [0, 0.05) is 0 Å². The van der Waals surface area contributed by atoms with E-state index in [0.717, 1.165) is 15.7 Å². The van der Waals surface area contributed by atoms with Gasteiger partial charge in [-0.3, -0.25) is 4.57 Å². The molecule has 11 heteroatoms. The number of rotatable bonds is 9. The highest BCUT2D eigenvalue weighted by molar-refractivity contribution is 6.32. The van der Waals surface area contributed by atoms with Crippen LogP contribution in [0, 0.1) is 6.92 Å². The molecule has 4 aromatic rings. The van der Waals surface area contributed by atoms with Crippen molar-refractivity contribution in [3.05, 3.63) is 116 Å². The van der Waals surface area contributed by atoms with Crippen LogP contribution >= 0.6 is 11.6 Å². The largest absolute Gasteiger partial charge is 0.466 e. The first-order valence-corrected chi connectivity index (χ1v) is 11.8. The van der Waals surface area contributed by atoms with E-state index in [-0.39, 0.29) is 35.5 Å². The van der Waals surface area contributed by atoms with Gasteiger partial charge in [-0.05, 0) is 30.7 Å². The average molecular weight is 534 g/mol. The van der Waals surface area contributed by atoms with Gasteiger partial charge in [-0.15, -0.1) is 0 Å². The fraction of sp³-hybridized carbons (Fsp3) is 0.148. The van der Waals surface area contributed by atoms with Crippen molar-refractivity contribution in [3.63, 3.8) is 0 Å². The first-order valence-electron chi connectivity index (χ1n) is 11.4. The number of nitrogens with one attached hydrogen (secondary N) is 1. The summed E-state index contributed by atoms with van der Waals surface area (Å²) >= 11 is 6.38. The van der Waals surface area contributed by atoms with Crippen molar-refractivity contribution in [2.75, 3.05) is 12.4 Å². The molecule has 2 aromatic heterocycles. The summed E-state index contributed by atoms with van der Waals surface area (Å²) in [6.07, 6.45) is 1.44. The molecule has 38 heavy (non-hydrogen) atoms. The van der Waals surface area contributed by atoms with Crippen molar-refractivity contribution >= 4 is 29.2 Å². The SMILES string of the molecule is C=C(Cn1c(=O)nc(Nc2cnc(Oc3ccccc3)c(Cl)c2)n(Cc2ccc(C)cc2)c1=O)C(=O)OC. The number of anilines is 2. The van der Waals surface area contributed by atoms with Crippen molar-refractivity contribution in [1.29, 1.82) is 0 Å². The molecule has 194 valence electrons. The van der Waals surface area contributed by atoms with E-state index in [1.165, 1.54) is 17.9 Å². The number of aryl methyl sites for hydroxylation is 1. The monoisotopic (exact) mass is 533 g/mol. The van der Waals surface area contributed by atoms with Crippen LogP contribution in [0.2, 0.25) is 5.02 Å². The van der Waals surface area contributed by atoms with Gasteiger partial charge >= 0.3 is 17.3 Å². The van der Waals surface area contributed by atoms with Crippen LogP contribution in [0.5, 0.6) is 11.6 Å². The highest BCUT2D eigenvalue weighted by Gasteiger charge is 2.18. The Balaban J connectivity index is 1.70. The average Bonchev–Trinajstić information content (AvgIpc) is 2.91. The number of esters is 1. The van der Waals surface area contributed by atoms with Crippen molar-refractivity contribution in [3.8, 4) is 11.6 Å². The third-order valence-corrected chi connectivity index (χ3v) is 5.73. The predicted molar refractivity (Wildman–Crippen MR) is 143 cm³/mol. The van der Waals surface area contributed by atoms with Crippen LogP contribution in [-0.4, -0.2) is 32.2 Å². The molecule has 1 N–H and O–H groups in total. The molecule has 4 rings (SSSR count). The van der Waals surface area contributed by atoms with Crippen LogP contribution in [0.1, 0.15) is 11.1 Å². The molecule has 0 aliphatic carbocycles. The van der Waals surface area contributed by atoms with Crippen LogP contribution in [0.3, 0.4) is 0 Å². The lowest BCUT2D eigenvalue weighted by Crippen LogP contribution is -2.43. The van der Waals surface area contributed by atoms with Crippen LogP contribution < -0.4 is 21.4 Å². The van der Waals surface area contributed by atoms with E-state index in [2.05, 4.69) is 26.6 Å². The summed E-state index contributed by atoms with van der Waals surface area (Å²) in [6.45, 7) is 5.28. The highest BCUT2D eigenvalue weighted by atomic mass is 35.5. The van der Waals surface area contributed by atoms with E-state index in [1.54, 1.807) is 18.2 Å². The third kappa shape index (κ3) is 6.16. The number of hydrogen-bond donors (Lipinski definition) is 1. The van der Waals surface area contributed by atoms with Gasteiger partial charge in [0.15, 0.2) is 0 Å². The van der Waals surface area contributed by atoms with Gasteiger partial charge in [0.2, 0.25) is 11.8 Å². The molecule has 0 saturated carbocycles. The molecular formula is C27H24ClN5O5. The summed E-state index contributed by atoms with van der Waals surface area (Å²) in [7, 11) is 1.19. The minimum Gasteiger partial charge on any atom is -0.466 e. The summed E-state index contributed by atoms with van der Waals surface area (Å²) < 4.78 is 12.4. The first kappa shape index (κ1) is 26.4. The topological polar surface area (TPSA) is 117 Å². The van der Waals surface area contributed by atoms with E-state index < -0.39 is 17.3 Å². The maximum absolute atomic E-state index is 13.4. The molecule has 0 aliphatic heterocycles. The van der Waals surface area contributed by atoms with Gasteiger partial charge < -0.3 is 14.8 Å². The van der Waals surface area contributed by atoms with Crippen LogP contribution in [0.15, 0.2) is 88.6 Å². The second-order valence-corrected chi connectivity index (χ2v) is 8.71. The lowest BCUT2D eigenvalue weighted by atomic mass is 10.1. The summed E-state index contributed by atoms with van der Waals surface area (Å²) in [5, 5.41) is 3.16. The molecule has 0 spiro atoms. The minimum atomic E-state index is -0.870. The zero-order valence-electron chi connectivity index (χ0n) is 20.7. The van der Waals surface area contributed by atoms with Crippen LogP contribution in [-0.2, 0) is 22.6 Å². The summed E-state index contributed by atoms with van der Waals surface area (Å²) in [6, 6.07) is 18.1. The molecule has 10 nitrogen and oxygen atoms in total. The van der Waals surface area contributed by atoms with E-state index in [0.29, 0.717) is 11.4 Å². The molecule has 0 bridgehead atoms. The molecule has 2 aromatic carbocycles. The normalized spacial score (nSPS) is 10.6. The molecule has 0 unspecified atom stereocenters. The van der Waals surface area contributed by atoms with Gasteiger partial charge in [-0.1, -0.05) is 66.2 Å². The number of hydrogen-bond acceptors (Lipinski definition) is 8. The fourth-order valence-electron chi connectivity index (χ4n) is 3.48. The summed E-state index contributed by atoms with van der Waals surface area (Å²) in [5.74, 6) is -0.0178. The number of carbonyl (C=O) groups is 1. The van der Waals surface area contributed by atoms with Crippen LogP contribution in [0.25, 0.3) is 0 Å². The van der Waals surface area contributed by atoms with Gasteiger partial charge in [0.25, 0.3) is 0 Å². The molecule has 0 aliphatic rings. The van der Waals surface area contributed by atoms with Crippen molar-refractivity contribution < 1.29 is 14.3 Å². The standard InChI is InChI=1S/C27H24ClN5O5/c1-17-9-11-19(12-10-17)16-32-25(31-26(35)33(27(32)36)15-18(2)24(34)37-3)30-20-13-22(28)23(29-14-20)38-21-7-5-4-6-8-21/h4-14H,2,15-16H2,1,3H3,(H,30,31,35). The number of methoxy groups -OCH3 is 1. The Bertz CT molecular complexity index is 1600. The Morgan fingerprint density at radius 3 is 2.45 bits per heavy atom. The number of carbonyl (C=O) groups excluding carboxylic acids is 1. The molecule has 2 heterocycles. The first-order chi connectivity index (χ1) is 18.2. The zero-order valence-corrected chi connectivity index (χ0v) is 21.4. The number of para-hydroxylation sites is 1. The number of nitrogens with zero attached hydrogens (tertiary/aromatic N) is 4. The van der Waals surface area contributed by atoms with E-state index in [4.69, 9.17) is 16.3 Å². The van der Waals surface area contributed by atoms with E-state index in [1.807, 2.05) is 49.4 Å². The quantitative estimate of drug-likeness (QED) is 0.253. The lowest BCUT2D eigenvalue weighted by Gasteiger charge is -2.16. The Morgan fingerprint density at radius 2 is 1.79 bits per heavy atom. The molecule has 0 saturated heterocycles. The maximum atomic E-state index is 13.4. The van der Waals surface area contributed by atoms with E-state index >= 15 is 0 Å². The predicted octanol–water partition coefficient (Wildman–Crippen LogP) is 4.08. The smallest absolute Gasteiger partial charge is 0.355 e. The molecule has 0 atom stereocenters. The maximum Gasteiger partial charge on any atom is 0.355 e. The van der Waals surface area contributed by atoms with Gasteiger partial charge in [-0.25, -0.2) is 23.9 Å². The molecular weight excluding hydrogens is 510 g/mol. The number of ether oxygens (including phenoxy) is 2. The Kier molecular flexibility index (Phi) is 8.03. The highest BCUT2D eigenvalue weighted by Crippen LogP contribution is 2.29. The molecule has 0 radical (unpaired) electrons. The minimum absolute atomic E-state index is 0.0323. The van der Waals surface area contributed by atoms with Gasteiger partial charge in [0.05, 0.1) is 37.7 Å². The second-order valence-electron chi connectivity index (χ2n) is 8.30. The van der Waals surface area contributed by atoms with Crippen LogP contribution in [0.4, 0.5) is 11.6 Å². The Morgan fingerprint density at radius 1 is 1.08 bits per heavy atom. The van der Waals surface area contributed by atoms with Gasteiger partial charge in [0.1, 0.15) is 10.8 Å². The molecule has 0 amide bonds. The number of halogens is 1. The Hall–Kier alpha value is -4.70. The summed E-state index contributed by atoms with van der Waals surface area (Å²) in [4.78, 5) is 46.4. The second kappa shape index (κ2) is 11.6. The number of benzene rings is 2. The zero-order chi connectivity index (χ0) is 27.2. The van der Waals surface area contributed by atoms with E-state index in [9.17, 15) is 14.4 Å². The van der Waals surface area contributed by atoms with Gasteiger partial charge in [-0.2, -0.15) is 4.98 Å². The van der Waals surface area contributed by atoms with Crippen molar-refractivity contribution in [2.24, 2.45) is 0 Å². The fourth-order valence-corrected chi connectivity index (χ4v) is 3.68. The third-order valence-electron chi connectivity index (χ3n) is 5.46.